The number of amidine groups is 2. The smallest absolute Gasteiger partial charge is 0.282 e. The molecule has 1 aromatic carbocycles. The van der Waals surface area contributed by atoms with Gasteiger partial charge in [-0.15, -0.1) is 5.10 Å². The molecule has 0 saturated carbocycles. The Morgan fingerprint density at radius 2 is 1.96 bits per heavy atom. The summed E-state index contributed by atoms with van der Waals surface area (Å²) in [5.41, 5.74) is 2.00. The zero-order valence-corrected chi connectivity index (χ0v) is 14.6. The van der Waals surface area contributed by atoms with Gasteiger partial charge in [-0.2, -0.15) is 10.0 Å². The number of hydrazone groups is 1. The van der Waals surface area contributed by atoms with E-state index in [-0.39, 0.29) is 21.0 Å². The molecule has 0 fully saturated rings. The van der Waals surface area contributed by atoms with Gasteiger partial charge in [-0.1, -0.05) is 31.2 Å². The molecule has 0 aromatic heterocycles. The Labute approximate surface area is 143 Å². The Bertz CT molecular complexity index is 928. The summed E-state index contributed by atoms with van der Waals surface area (Å²) in [5.74, 6) is -0.765. The highest BCUT2D eigenvalue weighted by atomic mass is 32.3. The van der Waals surface area contributed by atoms with Crippen LogP contribution in [0.2, 0.25) is 0 Å². The summed E-state index contributed by atoms with van der Waals surface area (Å²) in [6.45, 7) is 2.05. The Hall–Kier alpha value is -2.26. The van der Waals surface area contributed by atoms with E-state index in [9.17, 15) is 13.2 Å². The third-order valence-corrected chi connectivity index (χ3v) is 6.03. The van der Waals surface area contributed by atoms with E-state index >= 15 is 0 Å². The topological polar surface area (TPSA) is 103 Å². The van der Waals surface area contributed by atoms with Gasteiger partial charge in [-0.25, -0.2) is 8.42 Å². The second kappa shape index (κ2) is 5.99. The summed E-state index contributed by atoms with van der Waals surface area (Å²) >= 11 is 0.771. The fourth-order valence-corrected chi connectivity index (χ4v) is 3.83. The van der Waals surface area contributed by atoms with Crippen LogP contribution in [0, 0.1) is 5.41 Å². The number of benzene rings is 1. The summed E-state index contributed by atoms with van der Waals surface area (Å²) in [4.78, 5) is 16.0. The van der Waals surface area contributed by atoms with E-state index < -0.39 is 15.7 Å². The molecule has 0 atom stereocenters. The number of thioether (sulfide) groups is 1. The van der Waals surface area contributed by atoms with Crippen molar-refractivity contribution in [1.82, 2.24) is 5.01 Å². The lowest BCUT2D eigenvalue weighted by Crippen LogP contribution is -2.35. The molecule has 2 heterocycles. The van der Waals surface area contributed by atoms with Crippen molar-refractivity contribution in [3.8, 4) is 0 Å². The number of aliphatic imine (C=N–C) groups is 1. The summed E-state index contributed by atoms with van der Waals surface area (Å²) in [6.07, 6.45) is 3.49. The summed E-state index contributed by atoms with van der Waals surface area (Å²) < 4.78 is 23.0. The number of nitrogens with one attached hydrogen (secondary N) is 1. The maximum absolute atomic E-state index is 12.2. The number of hydrogen-bond donors (Lipinski definition) is 1. The number of aryl methyl sites for hydroxylation is 1. The molecule has 1 aromatic rings. The van der Waals surface area contributed by atoms with Crippen molar-refractivity contribution in [2.45, 2.75) is 13.3 Å². The Kier molecular flexibility index (Phi) is 4.14. The molecule has 24 heavy (non-hydrogen) atoms. The monoisotopic (exact) mass is 362 g/mol. The minimum Gasteiger partial charge on any atom is -0.282 e. The minimum absolute atomic E-state index is 0.0714. The van der Waals surface area contributed by atoms with E-state index in [0.717, 1.165) is 35.0 Å². The van der Waals surface area contributed by atoms with Crippen LogP contribution in [0.4, 0.5) is 0 Å². The maximum Gasteiger partial charge on any atom is 0.283 e. The molecule has 2 aliphatic rings. The first-order chi connectivity index (χ1) is 11.3. The van der Waals surface area contributed by atoms with Crippen molar-refractivity contribution in [1.29, 1.82) is 5.41 Å². The lowest BCUT2D eigenvalue weighted by atomic mass is 10.1. The second-order valence-corrected chi connectivity index (χ2v) is 8.40. The van der Waals surface area contributed by atoms with Crippen molar-refractivity contribution < 1.29 is 13.2 Å². The summed E-state index contributed by atoms with van der Waals surface area (Å²) in [6, 6.07) is 7.61. The summed E-state index contributed by atoms with van der Waals surface area (Å²) in [5, 5.41) is 13.2. The largest absolute Gasteiger partial charge is 0.283 e. The van der Waals surface area contributed by atoms with E-state index in [1.165, 1.54) is 5.56 Å². The average Bonchev–Trinajstić information content (AvgIpc) is 2.96. The van der Waals surface area contributed by atoms with E-state index in [2.05, 4.69) is 10.1 Å². The predicted octanol–water partition coefficient (Wildman–Crippen LogP) is 1.87. The molecular weight excluding hydrogens is 348 g/mol. The molecule has 0 bridgehead atoms. The van der Waals surface area contributed by atoms with Crippen molar-refractivity contribution in [3.05, 3.63) is 41.0 Å². The van der Waals surface area contributed by atoms with Gasteiger partial charge in [0.2, 0.25) is 19.4 Å². The second-order valence-electron chi connectivity index (χ2n) is 5.25. The molecule has 1 N–H and O–H groups in total. The zero-order valence-electron chi connectivity index (χ0n) is 13.0. The van der Waals surface area contributed by atoms with Crippen LogP contribution in [0.15, 0.2) is 39.9 Å². The van der Waals surface area contributed by atoms with Crippen LogP contribution in [0.3, 0.4) is 0 Å². The van der Waals surface area contributed by atoms with Crippen LogP contribution < -0.4 is 0 Å². The van der Waals surface area contributed by atoms with Gasteiger partial charge in [-0.3, -0.25) is 10.2 Å². The highest BCUT2D eigenvalue weighted by Crippen LogP contribution is 2.29. The molecule has 1 amide bonds. The quantitative estimate of drug-likeness (QED) is 0.809. The standard InChI is InChI=1S/C15H14N4O3S2/c1-3-9-4-6-10(7-5-9)8-11-12(16)19-14(17-13(11)20)23-15(18-19)24(2,21)22/h4-8,16H,3H2,1-2H3/b11-8-,16-12?. The van der Waals surface area contributed by atoms with Crippen molar-refractivity contribution in [3.63, 3.8) is 0 Å². The van der Waals surface area contributed by atoms with E-state index in [1.807, 2.05) is 31.2 Å². The van der Waals surface area contributed by atoms with E-state index in [4.69, 9.17) is 5.41 Å². The molecule has 2 aliphatic heterocycles. The van der Waals surface area contributed by atoms with Crippen LogP contribution in [0.5, 0.6) is 0 Å². The lowest BCUT2D eigenvalue weighted by molar-refractivity contribution is -0.114. The first kappa shape index (κ1) is 16.6. The normalized spacial score (nSPS) is 19.4. The highest BCUT2D eigenvalue weighted by molar-refractivity contribution is 8.42. The van der Waals surface area contributed by atoms with Gasteiger partial charge < -0.3 is 0 Å². The average molecular weight is 362 g/mol. The highest BCUT2D eigenvalue weighted by Gasteiger charge is 2.38. The molecule has 9 heteroatoms. The minimum atomic E-state index is -3.52. The number of fused-ring (bicyclic) bond motifs is 1. The maximum atomic E-state index is 12.2. The van der Waals surface area contributed by atoms with Crippen LogP contribution in [-0.4, -0.2) is 41.0 Å². The van der Waals surface area contributed by atoms with Gasteiger partial charge in [-0.05, 0) is 35.4 Å². The van der Waals surface area contributed by atoms with Crippen molar-refractivity contribution >= 4 is 49.0 Å². The lowest BCUT2D eigenvalue weighted by Gasteiger charge is -2.20. The molecule has 7 nitrogen and oxygen atoms in total. The first-order valence-corrected chi connectivity index (χ1v) is 9.79. The van der Waals surface area contributed by atoms with Crippen LogP contribution in [0.1, 0.15) is 18.1 Å². The Balaban J connectivity index is 1.97. The number of carbonyl (C=O) groups excluding carboxylic acids is 1. The molecule has 0 unspecified atom stereocenters. The third-order valence-electron chi connectivity index (χ3n) is 3.45. The number of rotatable bonds is 2. The molecule has 0 radical (unpaired) electrons. The van der Waals surface area contributed by atoms with Crippen LogP contribution in [-0.2, 0) is 21.1 Å². The van der Waals surface area contributed by atoms with Crippen molar-refractivity contribution in [2.24, 2.45) is 10.1 Å². The molecule has 0 saturated heterocycles. The predicted molar refractivity (Wildman–Crippen MR) is 95.7 cm³/mol. The number of carbonyl (C=O) groups is 1. The Morgan fingerprint density at radius 3 is 2.54 bits per heavy atom. The van der Waals surface area contributed by atoms with E-state index in [1.54, 1.807) is 6.08 Å². The molecular formula is C15H14N4O3S2. The molecule has 0 spiro atoms. The molecule has 3 rings (SSSR count). The zero-order chi connectivity index (χ0) is 17.5. The fraction of sp³-hybridized carbons (Fsp3) is 0.200. The van der Waals surface area contributed by atoms with Gasteiger partial charge in [0, 0.05) is 6.26 Å². The molecule has 124 valence electrons. The van der Waals surface area contributed by atoms with E-state index in [0.29, 0.717) is 0 Å². The van der Waals surface area contributed by atoms with Gasteiger partial charge in [0.1, 0.15) is 0 Å². The summed E-state index contributed by atoms with van der Waals surface area (Å²) in [7, 11) is -3.52. The van der Waals surface area contributed by atoms with Gasteiger partial charge in [0.25, 0.3) is 5.91 Å². The number of nitrogens with zero attached hydrogens (tertiary/aromatic N) is 3. The SMILES string of the molecule is CCc1ccc(/C=C2/C(=N)N3N=C(S(C)(=O)=O)SC3=NC2=O)cc1. The third kappa shape index (κ3) is 3.04. The Morgan fingerprint density at radius 1 is 1.29 bits per heavy atom. The van der Waals surface area contributed by atoms with Crippen LogP contribution >= 0.6 is 11.8 Å². The number of amides is 1. The van der Waals surface area contributed by atoms with Gasteiger partial charge in [0.15, 0.2) is 5.84 Å². The fourth-order valence-electron chi connectivity index (χ4n) is 2.14. The van der Waals surface area contributed by atoms with Gasteiger partial charge in [0.05, 0.1) is 5.57 Å². The van der Waals surface area contributed by atoms with Crippen LogP contribution in [0.25, 0.3) is 6.08 Å². The number of sulfone groups is 1. The van der Waals surface area contributed by atoms with Gasteiger partial charge >= 0.3 is 0 Å². The first-order valence-electron chi connectivity index (χ1n) is 7.09. The van der Waals surface area contributed by atoms with Crippen molar-refractivity contribution in [2.75, 3.05) is 6.26 Å². The number of hydrogen-bond acceptors (Lipinski definition) is 6. The molecule has 0 aliphatic carbocycles.